The molecule has 0 aromatic heterocycles. The van der Waals surface area contributed by atoms with Crippen LogP contribution in [0.2, 0.25) is 0 Å². The van der Waals surface area contributed by atoms with Crippen molar-refractivity contribution in [3.05, 3.63) is 12.2 Å². The molecule has 18 heavy (non-hydrogen) atoms. The van der Waals surface area contributed by atoms with Crippen LogP contribution in [-0.4, -0.2) is 25.2 Å². The van der Waals surface area contributed by atoms with E-state index in [9.17, 15) is 9.59 Å². The van der Waals surface area contributed by atoms with Gasteiger partial charge in [-0.05, 0) is 27.2 Å². The maximum Gasteiger partial charge on any atom is 0.324 e. The lowest BCUT2D eigenvalue weighted by Crippen LogP contribution is -2.41. The van der Waals surface area contributed by atoms with Crippen molar-refractivity contribution in [1.29, 1.82) is 0 Å². The molecule has 0 N–H and O–H groups in total. The summed E-state index contributed by atoms with van der Waals surface area (Å²) >= 11 is 0. The van der Waals surface area contributed by atoms with Gasteiger partial charge in [-0.2, -0.15) is 0 Å². The van der Waals surface area contributed by atoms with Crippen LogP contribution in [-0.2, 0) is 19.1 Å². The number of esters is 2. The fourth-order valence-electron chi connectivity index (χ4n) is 1.50. The molecule has 4 heteroatoms. The fourth-order valence-corrected chi connectivity index (χ4v) is 1.50. The number of carbonyl (C=O) groups is 2. The van der Waals surface area contributed by atoms with Gasteiger partial charge in [-0.1, -0.05) is 12.2 Å². The lowest BCUT2D eigenvalue weighted by atomic mass is 9.81. The molecule has 0 unspecified atom stereocenters. The van der Waals surface area contributed by atoms with Crippen molar-refractivity contribution in [1.82, 2.24) is 0 Å². The highest BCUT2D eigenvalue weighted by atomic mass is 16.6. The first kappa shape index (κ1) is 16.2. The molecule has 0 atom stereocenters. The van der Waals surface area contributed by atoms with Crippen LogP contribution in [0.3, 0.4) is 0 Å². The summed E-state index contributed by atoms with van der Waals surface area (Å²) in [6, 6.07) is 0. The van der Waals surface area contributed by atoms with Crippen LogP contribution < -0.4 is 0 Å². The minimum absolute atomic E-state index is 0.0327. The van der Waals surface area contributed by atoms with Crippen LogP contribution in [0.4, 0.5) is 0 Å². The first-order chi connectivity index (χ1) is 8.58. The molecule has 0 heterocycles. The highest BCUT2D eigenvalue weighted by Gasteiger charge is 2.47. The van der Waals surface area contributed by atoms with Gasteiger partial charge in [0.05, 0.1) is 13.2 Å². The lowest BCUT2D eigenvalue weighted by molar-refractivity contribution is -0.171. The van der Waals surface area contributed by atoms with Crippen LogP contribution in [0.25, 0.3) is 0 Å². The van der Waals surface area contributed by atoms with Gasteiger partial charge in [0.2, 0.25) is 0 Å². The van der Waals surface area contributed by atoms with Crippen molar-refractivity contribution in [3.8, 4) is 12.3 Å². The highest BCUT2D eigenvalue weighted by molar-refractivity contribution is 6.00. The molecule has 0 aromatic rings. The Morgan fingerprint density at radius 2 is 1.72 bits per heavy atom. The number of terminal acetylenes is 1. The summed E-state index contributed by atoms with van der Waals surface area (Å²) in [7, 11) is 0. The van der Waals surface area contributed by atoms with E-state index in [0.29, 0.717) is 0 Å². The second-order valence-corrected chi connectivity index (χ2v) is 3.68. The lowest BCUT2D eigenvalue weighted by Gasteiger charge is -2.26. The number of hydrogen-bond donors (Lipinski definition) is 0. The van der Waals surface area contributed by atoms with Gasteiger partial charge < -0.3 is 9.47 Å². The molecule has 0 rings (SSSR count). The summed E-state index contributed by atoms with van der Waals surface area (Å²) in [5.74, 6) is 1.11. The first-order valence-corrected chi connectivity index (χ1v) is 5.98. The molecule has 100 valence electrons. The van der Waals surface area contributed by atoms with E-state index in [1.807, 2.05) is 0 Å². The van der Waals surface area contributed by atoms with Crippen molar-refractivity contribution in [3.63, 3.8) is 0 Å². The van der Waals surface area contributed by atoms with Crippen LogP contribution in [0.5, 0.6) is 0 Å². The molecule has 4 nitrogen and oxygen atoms in total. The molecule has 0 fully saturated rings. The minimum Gasteiger partial charge on any atom is -0.465 e. The zero-order valence-corrected chi connectivity index (χ0v) is 11.2. The minimum atomic E-state index is -1.42. The summed E-state index contributed by atoms with van der Waals surface area (Å²) in [6.45, 7) is 5.55. The largest absolute Gasteiger partial charge is 0.465 e. The quantitative estimate of drug-likeness (QED) is 0.301. The van der Waals surface area contributed by atoms with Crippen molar-refractivity contribution in [2.24, 2.45) is 5.41 Å². The van der Waals surface area contributed by atoms with Gasteiger partial charge in [0.25, 0.3) is 0 Å². The Balaban J connectivity index is 5.33. The molecule has 0 radical (unpaired) electrons. The van der Waals surface area contributed by atoms with E-state index in [2.05, 4.69) is 5.92 Å². The maximum absolute atomic E-state index is 12.0. The van der Waals surface area contributed by atoms with E-state index in [-0.39, 0.29) is 26.1 Å². The standard InChI is InChI=1S/C14H20O4/c1-5-9-11-14(10-6-2,12(15)17-7-3)13(16)18-8-4/h2,5,9H,7-8,10-11H2,1,3-4H3/b9-5+. The Hall–Kier alpha value is -1.76. The Morgan fingerprint density at radius 3 is 2.06 bits per heavy atom. The third-order valence-corrected chi connectivity index (χ3v) is 2.44. The molecular weight excluding hydrogens is 232 g/mol. The van der Waals surface area contributed by atoms with E-state index in [1.165, 1.54) is 0 Å². The smallest absolute Gasteiger partial charge is 0.324 e. The second-order valence-electron chi connectivity index (χ2n) is 3.68. The van der Waals surface area contributed by atoms with Gasteiger partial charge in [0.1, 0.15) is 0 Å². The van der Waals surface area contributed by atoms with E-state index in [0.717, 1.165) is 0 Å². The maximum atomic E-state index is 12.0. The Bertz CT molecular complexity index is 331. The third-order valence-electron chi connectivity index (χ3n) is 2.44. The zero-order chi connectivity index (χ0) is 14.0. The predicted molar refractivity (Wildman–Crippen MR) is 68.6 cm³/mol. The molecule has 0 aliphatic rings. The van der Waals surface area contributed by atoms with Crippen LogP contribution >= 0.6 is 0 Å². The van der Waals surface area contributed by atoms with Crippen molar-refractivity contribution < 1.29 is 19.1 Å². The normalized spacial score (nSPS) is 11.0. The molecule has 0 amide bonds. The van der Waals surface area contributed by atoms with Gasteiger partial charge in [0.15, 0.2) is 5.41 Å². The molecule has 0 aliphatic carbocycles. The molecule has 0 saturated carbocycles. The molecule has 0 aliphatic heterocycles. The predicted octanol–water partition coefficient (Wildman–Crippen LogP) is 2.09. The number of hydrogen-bond acceptors (Lipinski definition) is 4. The van der Waals surface area contributed by atoms with E-state index in [1.54, 1.807) is 32.9 Å². The van der Waals surface area contributed by atoms with Gasteiger partial charge in [-0.3, -0.25) is 9.59 Å². The SMILES string of the molecule is C#CCC(C/C=C/C)(C(=O)OCC)C(=O)OCC. The van der Waals surface area contributed by atoms with Gasteiger partial charge in [0, 0.05) is 6.42 Å². The summed E-state index contributed by atoms with van der Waals surface area (Å²) in [4.78, 5) is 24.0. The van der Waals surface area contributed by atoms with E-state index in [4.69, 9.17) is 15.9 Å². The number of carbonyl (C=O) groups excluding carboxylic acids is 2. The monoisotopic (exact) mass is 252 g/mol. The van der Waals surface area contributed by atoms with E-state index >= 15 is 0 Å². The van der Waals surface area contributed by atoms with Crippen molar-refractivity contribution >= 4 is 11.9 Å². The second kappa shape index (κ2) is 8.35. The highest BCUT2D eigenvalue weighted by Crippen LogP contribution is 2.31. The van der Waals surface area contributed by atoms with Gasteiger partial charge in [-0.15, -0.1) is 12.3 Å². The summed E-state index contributed by atoms with van der Waals surface area (Å²) in [6.07, 6.45) is 8.88. The van der Waals surface area contributed by atoms with Crippen molar-refractivity contribution in [2.45, 2.75) is 33.6 Å². The van der Waals surface area contributed by atoms with Crippen LogP contribution in [0.1, 0.15) is 33.6 Å². The van der Waals surface area contributed by atoms with Crippen LogP contribution in [0.15, 0.2) is 12.2 Å². The molecular formula is C14H20O4. The Labute approximate surface area is 108 Å². The van der Waals surface area contributed by atoms with Crippen LogP contribution in [0, 0.1) is 17.8 Å². The summed E-state index contributed by atoms with van der Waals surface area (Å²) in [5, 5.41) is 0. The third kappa shape index (κ3) is 3.92. The average molecular weight is 252 g/mol. The molecule has 0 saturated heterocycles. The first-order valence-electron chi connectivity index (χ1n) is 5.98. The molecule has 0 spiro atoms. The number of allylic oxidation sites excluding steroid dienone is 2. The number of ether oxygens (including phenoxy) is 2. The van der Waals surface area contributed by atoms with Crippen molar-refractivity contribution in [2.75, 3.05) is 13.2 Å². The van der Waals surface area contributed by atoms with Gasteiger partial charge >= 0.3 is 11.9 Å². The topological polar surface area (TPSA) is 52.6 Å². The summed E-state index contributed by atoms with van der Waals surface area (Å²) in [5.41, 5.74) is -1.42. The average Bonchev–Trinajstić information content (AvgIpc) is 2.35. The fraction of sp³-hybridized carbons (Fsp3) is 0.571. The Morgan fingerprint density at radius 1 is 1.22 bits per heavy atom. The summed E-state index contributed by atoms with van der Waals surface area (Å²) < 4.78 is 9.91. The van der Waals surface area contributed by atoms with Gasteiger partial charge in [-0.25, -0.2) is 0 Å². The van der Waals surface area contributed by atoms with E-state index < -0.39 is 17.4 Å². The zero-order valence-electron chi connectivity index (χ0n) is 11.2. The number of rotatable bonds is 7. The molecule has 0 aromatic carbocycles. The Kier molecular flexibility index (Phi) is 7.53. The molecule has 0 bridgehead atoms.